The number of nitrogens with zero attached hydrogens (tertiary/aromatic N) is 3. The number of rotatable bonds is 5. The van der Waals surface area contributed by atoms with Crippen LogP contribution in [0.2, 0.25) is 0 Å². The predicted molar refractivity (Wildman–Crippen MR) is 131 cm³/mol. The molecule has 3 aromatic carbocycles. The fourth-order valence-electron chi connectivity index (χ4n) is 3.81. The van der Waals surface area contributed by atoms with Crippen molar-refractivity contribution in [2.24, 2.45) is 0 Å². The molecule has 0 saturated carbocycles. The predicted octanol–water partition coefficient (Wildman–Crippen LogP) is 4.03. The Kier molecular flexibility index (Phi) is 5.14. The Morgan fingerprint density at radius 2 is 1.70 bits per heavy atom. The first-order valence-corrected chi connectivity index (χ1v) is 12.2. The minimum absolute atomic E-state index is 0.215. The highest BCUT2D eigenvalue weighted by molar-refractivity contribution is 7.92. The van der Waals surface area contributed by atoms with Crippen LogP contribution in [-0.4, -0.2) is 29.4 Å². The van der Waals surface area contributed by atoms with E-state index in [1.165, 1.54) is 0 Å². The maximum atomic E-state index is 13.4. The lowest BCUT2D eigenvalue weighted by molar-refractivity contribution is 0.607. The molecule has 5 rings (SSSR count). The van der Waals surface area contributed by atoms with Crippen molar-refractivity contribution in [1.82, 2.24) is 14.8 Å². The second-order valence-electron chi connectivity index (χ2n) is 7.91. The minimum Gasteiger partial charge on any atom is -0.289 e. The van der Waals surface area contributed by atoms with Crippen molar-refractivity contribution < 1.29 is 8.42 Å². The summed E-state index contributed by atoms with van der Waals surface area (Å²) in [6.07, 6.45) is 6.48. The first-order valence-electron chi connectivity index (χ1n) is 10.3. The van der Waals surface area contributed by atoms with Crippen molar-refractivity contribution in [2.75, 3.05) is 11.0 Å². The standard InChI is InChI=1S/C25H20N4O3S/c1-33(31,32)28-21-9-7-18-8-10-24-23(25(30)22(18)12-21)11-19(13-26-24)20-14-27-29(16-20)15-17-5-3-2-4-6-17/h2-14,16,28H,15H2,1H3. The second-order valence-corrected chi connectivity index (χ2v) is 9.66. The quantitative estimate of drug-likeness (QED) is 0.431. The van der Waals surface area contributed by atoms with E-state index in [1.807, 2.05) is 53.3 Å². The van der Waals surface area contributed by atoms with Crippen LogP contribution in [0.15, 0.2) is 90.1 Å². The minimum atomic E-state index is -3.45. The summed E-state index contributed by atoms with van der Waals surface area (Å²) < 4.78 is 27.5. The van der Waals surface area contributed by atoms with Gasteiger partial charge in [0, 0.05) is 40.0 Å². The molecule has 0 aliphatic rings. The highest BCUT2D eigenvalue weighted by atomic mass is 32.2. The second kappa shape index (κ2) is 8.14. The summed E-state index contributed by atoms with van der Waals surface area (Å²) in [4.78, 5) is 17.9. The van der Waals surface area contributed by atoms with Gasteiger partial charge in [0.05, 0.1) is 24.5 Å². The van der Waals surface area contributed by atoms with Crippen LogP contribution in [0.1, 0.15) is 5.56 Å². The van der Waals surface area contributed by atoms with Gasteiger partial charge in [0.15, 0.2) is 5.43 Å². The van der Waals surface area contributed by atoms with Gasteiger partial charge in [-0.3, -0.25) is 19.2 Å². The van der Waals surface area contributed by atoms with Gasteiger partial charge in [0.25, 0.3) is 0 Å². The Labute approximate surface area is 190 Å². The average Bonchev–Trinajstić information content (AvgIpc) is 3.20. The Bertz CT molecular complexity index is 1660. The first kappa shape index (κ1) is 20.8. The van der Waals surface area contributed by atoms with Crippen molar-refractivity contribution in [3.8, 4) is 11.1 Å². The van der Waals surface area contributed by atoms with Crippen LogP contribution < -0.4 is 10.2 Å². The molecule has 1 N–H and O–H groups in total. The smallest absolute Gasteiger partial charge is 0.229 e. The maximum absolute atomic E-state index is 13.4. The molecule has 0 amide bonds. The van der Waals surface area contributed by atoms with Crippen LogP contribution >= 0.6 is 0 Å². The van der Waals surface area contributed by atoms with Gasteiger partial charge in [-0.15, -0.1) is 0 Å². The summed E-state index contributed by atoms with van der Waals surface area (Å²) in [5, 5.41) is 6.01. The molecule has 0 fully saturated rings. The molecule has 0 saturated heterocycles. The Morgan fingerprint density at radius 1 is 0.909 bits per heavy atom. The van der Waals surface area contributed by atoms with Crippen molar-refractivity contribution in [2.45, 2.75) is 6.54 Å². The fraction of sp³-hybridized carbons (Fsp3) is 0.0800. The zero-order valence-corrected chi connectivity index (χ0v) is 18.6. The summed E-state index contributed by atoms with van der Waals surface area (Å²) in [5.74, 6) is 0. The molecule has 5 aromatic rings. The Hall–Kier alpha value is -4.04. The fourth-order valence-corrected chi connectivity index (χ4v) is 4.36. The third-order valence-electron chi connectivity index (χ3n) is 5.34. The van der Waals surface area contributed by atoms with E-state index < -0.39 is 10.0 Å². The SMILES string of the molecule is CS(=O)(=O)Nc1ccc2ccc3ncc(-c4cnn(Cc5ccccc5)c4)cc3c(=O)c2c1. The number of pyridine rings is 1. The summed E-state index contributed by atoms with van der Waals surface area (Å²) in [5.41, 5.74) is 3.47. The molecule has 0 atom stereocenters. The van der Waals surface area contributed by atoms with E-state index in [0.29, 0.717) is 33.9 Å². The lowest BCUT2D eigenvalue weighted by Gasteiger charge is -2.04. The Balaban J connectivity index is 1.59. The van der Waals surface area contributed by atoms with Gasteiger partial charge in [-0.25, -0.2) is 8.42 Å². The number of nitrogens with one attached hydrogen (secondary N) is 1. The molecular formula is C25H20N4O3S. The number of anilines is 1. The number of hydrogen-bond acceptors (Lipinski definition) is 5. The lowest BCUT2D eigenvalue weighted by Crippen LogP contribution is -2.10. The number of aromatic nitrogens is 3. The Morgan fingerprint density at radius 3 is 2.48 bits per heavy atom. The molecule has 2 heterocycles. The monoisotopic (exact) mass is 456 g/mol. The molecule has 2 aromatic heterocycles. The number of fused-ring (bicyclic) bond motifs is 2. The molecule has 0 radical (unpaired) electrons. The van der Waals surface area contributed by atoms with E-state index in [4.69, 9.17) is 0 Å². The van der Waals surface area contributed by atoms with E-state index >= 15 is 0 Å². The molecule has 0 aliphatic carbocycles. The number of hydrogen-bond donors (Lipinski definition) is 1. The maximum Gasteiger partial charge on any atom is 0.229 e. The van der Waals surface area contributed by atoms with Crippen molar-refractivity contribution in [3.05, 3.63) is 101 Å². The molecular weight excluding hydrogens is 436 g/mol. The van der Waals surface area contributed by atoms with Gasteiger partial charge in [0.2, 0.25) is 10.0 Å². The first-order chi connectivity index (χ1) is 15.9. The largest absolute Gasteiger partial charge is 0.289 e. The van der Waals surface area contributed by atoms with Crippen molar-refractivity contribution in [1.29, 1.82) is 0 Å². The highest BCUT2D eigenvalue weighted by Gasteiger charge is 2.10. The zero-order chi connectivity index (χ0) is 23.0. The molecule has 0 aliphatic heterocycles. The molecule has 8 heteroatoms. The molecule has 7 nitrogen and oxygen atoms in total. The van der Waals surface area contributed by atoms with Gasteiger partial charge in [-0.05, 0) is 35.2 Å². The van der Waals surface area contributed by atoms with Gasteiger partial charge in [0.1, 0.15) is 0 Å². The van der Waals surface area contributed by atoms with Gasteiger partial charge in [-0.2, -0.15) is 5.10 Å². The van der Waals surface area contributed by atoms with Crippen LogP contribution in [0.4, 0.5) is 5.69 Å². The van der Waals surface area contributed by atoms with E-state index in [1.54, 1.807) is 36.7 Å². The summed E-state index contributed by atoms with van der Waals surface area (Å²) in [7, 11) is -3.45. The van der Waals surface area contributed by atoms with Crippen LogP contribution in [0, 0.1) is 0 Å². The summed E-state index contributed by atoms with van der Waals surface area (Å²) in [6, 6.07) is 20.4. The molecule has 0 unspecified atom stereocenters. The van der Waals surface area contributed by atoms with Crippen molar-refractivity contribution >= 4 is 37.4 Å². The van der Waals surface area contributed by atoms with Gasteiger partial charge < -0.3 is 0 Å². The summed E-state index contributed by atoms with van der Waals surface area (Å²) in [6.45, 7) is 0.643. The van der Waals surface area contributed by atoms with Crippen molar-refractivity contribution in [3.63, 3.8) is 0 Å². The van der Waals surface area contributed by atoms with Crippen LogP contribution in [0.3, 0.4) is 0 Å². The lowest BCUT2D eigenvalue weighted by atomic mass is 10.1. The molecule has 33 heavy (non-hydrogen) atoms. The van der Waals surface area contributed by atoms with Crippen LogP contribution in [0.5, 0.6) is 0 Å². The average molecular weight is 457 g/mol. The van der Waals surface area contributed by atoms with Crippen LogP contribution in [0.25, 0.3) is 32.8 Å². The third-order valence-corrected chi connectivity index (χ3v) is 5.95. The summed E-state index contributed by atoms with van der Waals surface area (Å²) >= 11 is 0. The number of sulfonamides is 1. The van der Waals surface area contributed by atoms with Gasteiger partial charge >= 0.3 is 0 Å². The zero-order valence-electron chi connectivity index (χ0n) is 17.8. The van der Waals surface area contributed by atoms with Crippen LogP contribution in [-0.2, 0) is 16.6 Å². The third kappa shape index (κ3) is 4.47. The van der Waals surface area contributed by atoms with E-state index in [2.05, 4.69) is 14.8 Å². The highest BCUT2D eigenvalue weighted by Crippen LogP contribution is 2.23. The van der Waals surface area contributed by atoms with E-state index in [0.717, 1.165) is 22.9 Å². The van der Waals surface area contributed by atoms with E-state index in [9.17, 15) is 13.2 Å². The molecule has 0 spiro atoms. The topological polar surface area (TPSA) is 93.9 Å². The number of benzene rings is 2. The molecule has 0 bridgehead atoms. The molecule has 164 valence electrons. The van der Waals surface area contributed by atoms with Gasteiger partial charge in [-0.1, -0.05) is 42.5 Å². The normalized spacial score (nSPS) is 11.7. The van der Waals surface area contributed by atoms with E-state index in [-0.39, 0.29) is 5.43 Å².